The van der Waals surface area contributed by atoms with Gasteiger partial charge in [-0.2, -0.15) is 0 Å². The fourth-order valence-electron chi connectivity index (χ4n) is 6.11. The number of ether oxygens (including phenoxy) is 1. The lowest BCUT2D eigenvalue weighted by molar-refractivity contribution is -0.384. The molecule has 4 bridgehead atoms. The van der Waals surface area contributed by atoms with Crippen LogP contribution in [-0.2, 0) is 4.79 Å². The van der Waals surface area contributed by atoms with Crippen LogP contribution in [0.3, 0.4) is 0 Å². The van der Waals surface area contributed by atoms with E-state index in [1.807, 2.05) is 6.92 Å². The third-order valence-corrected chi connectivity index (χ3v) is 7.00. The third-order valence-electron chi connectivity index (χ3n) is 7.00. The number of benzene rings is 1. The van der Waals surface area contributed by atoms with Gasteiger partial charge in [-0.05, 0) is 74.7 Å². The van der Waals surface area contributed by atoms with Crippen LogP contribution >= 0.6 is 0 Å². The van der Waals surface area contributed by atoms with Crippen LogP contribution in [0.1, 0.15) is 45.4 Å². The van der Waals surface area contributed by atoms with E-state index in [0.717, 1.165) is 24.3 Å². The van der Waals surface area contributed by atoms with Gasteiger partial charge in [-0.1, -0.05) is 0 Å². The van der Waals surface area contributed by atoms with Gasteiger partial charge in [0.05, 0.1) is 29.8 Å². The van der Waals surface area contributed by atoms with Crippen molar-refractivity contribution in [2.45, 2.75) is 51.5 Å². The molecule has 7 heteroatoms. The highest BCUT2D eigenvalue weighted by molar-refractivity contribution is 5.96. The minimum Gasteiger partial charge on any atom is -0.494 e. The van der Waals surface area contributed by atoms with Crippen molar-refractivity contribution in [3.8, 4) is 5.75 Å². The average Bonchev–Trinajstić information content (AvgIpc) is 2.65. The molecule has 0 spiro atoms. The van der Waals surface area contributed by atoms with Gasteiger partial charge in [0, 0.05) is 12.6 Å². The molecule has 5 rings (SSSR count). The first-order valence-corrected chi connectivity index (χ1v) is 10.2. The van der Waals surface area contributed by atoms with Crippen molar-refractivity contribution in [1.82, 2.24) is 5.32 Å². The molecule has 1 amide bonds. The highest BCUT2D eigenvalue weighted by atomic mass is 16.6. The number of methoxy groups -OCH3 is 1. The van der Waals surface area contributed by atoms with Gasteiger partial charge in [0.2, 0.25) is 5.91 Å². The monoisotopic (exact) mass is 387 g/mol. The second-order valence-corrected chi connectivity index (χ2v) is 9.15. The first kappa shape index (κ1) is 19.2. The highest BCUT2D eigenvalue weighted by Gasteiger charge is 2.50. The van der Waals surface area contributed by atoms with Crippen molar-refractivity contribution >= 4 is 17.3 Å². The Kier molecular flexibility index (Phi) is 5.04. The van der Waals surface area contributed by atoms with E-state index in [0.29, 0.717) is 11.1 Å². The van der Waals surface area contributed by atoms with Gasteiger partial charge in [-0.25, -0.2) is 0 Å². The molecule has 1 aromatic rings. The molecule has 0 saturated heterocycles. The van der Waals surface area contributed by atoms with E-state index in [9.17, 15) is 14.9 Å². The van der Waals surface area contributed by atoms with E-state index >= 15 is 0 Å². The molecular formula is C21H29N3O4. The maximum Gasteiger partial charge on any atom is 0.273 e. The number of nitro groups is 1. The Bertz CT molecular complexity index is 744. The van der Waals surface area contributed by atoms with E-state index in [4.69, 9.17) is 4.74 Å². The molecule has 0 unspecified atom stereocenters. The van der Waals surface area contributed by atoms with Crippen LogP contribution in [-0.4, -0.2) is 30.5 Å². The van der Waals surface area contributed by atoms with Crippen molar-refractivity contribution in [3.05, 3.63) is 28.3 Å². The summed E-state index contributed by atoms with van der Waals surface area (Å²) < 4.78 is 5.20. The number of hydrogen-bond acceptors (Lipinski definition) is 5. The number of rotatable bonds is 7. The zero-order valence-electron chi connectivity index (χ0n) is 16.6. The van der Waals surface area contributed by atoms with Crippen LogP contribution in [0.2, 0.25) is 0 Å². The Morgan fingerprint density at radius 3 is 2.39 bits per heavy atom. The van der Waals surface area contributed by atoms with Crippen LogP contribution in [0.4, 0.5) is 11.4 Å². The van der Waals surface area contributed by atoms with Gasteiger partial charge >= 0.3 is 0 Å². The van der Waals surface area contributed by atoms with Crippen molar-refractivity contribution < 1.29 is 14.5 Å². The molecular weight excluding hydrogens is 358 g/mol. The quantitative estimate of drug-likeness (QED) is 0.549. The summed E-state index contributed by atoms with van der Waals surface area (Å²) in [5.74, 6) is 2.80. The Morgan fingerprint density at radius 1 is 1.25 bits per heavy atom. The highest BCUT2D eigenvalue weighted by Crippen LogP contribution is 2.59. The van der Waals surface area contributed by atoms with Gasteiger partial charge in [0.1, 0.15) is 5.75 Å². The Morgan fingerprint density at radius 2 is 1.86 bits per heavy atom. The second-order valence-electron chi connectivity index (χ2n) is 9.15. The molecule has 0 aromatic heterocycles. The maximum absolute atomic E-state index is 12.7. The van der Waals surface area contributed by atoms with E-state index < -0.39 is 4.92 Å². The number of nitrogens with zero attached hydrogens (tertiary/aromatic N) is 1. The zero-order valence-corrected chi connectivity index (χ0v) is 16.6. The predicted molar refractivity (Wildman–Crippen MR) is 106 cm³/mol. The molecule has 7 nitrogen and oxygen atoms in total. The van der Waals surface area contributed by atoms with E-state index in [-0.39, 0.29) is 23.4 Å². The van der Waals surface area contributed by atoms with Crippen molar-refractivity contribution in [1.29, 1.82) is 0 Å². The summed E-state index contributed by atoms with van der Waals surface area (Å²) >= 11 is 0. The van der Waals surface area contributed by atoms with Crippen molar-refractivity contribution in [2.24, 2.45) is 23.2 Å². The number of nitrogens with one attached hydrogen (secondary N) is 2. The summed E-state index contributed by atoms with van der Waals surface area (Å²) in [6.45, 7) is 2.76. The number of nitro benzene ring substituents is 1. The molecule has 2 N–H and O–H groups in total. The molecule has 1 aromatic carbocycles. The lowest BCUT2D eigenvalue weighted by atomic mass is 9.49. The summed E-state index contributed by atoms with van der Waals surface area (Å²) in [6, 6.07) is 3.86. The predicted octanol–water partition coefficient (Wildman–Crippen LogP) is 3.74. The molecule has 4 aliphatic rings. The summed E-state index contributed by atoms with van der Waals surface area (Å²) in [5.41, 5.74) is 0.748. The zero-order chi connectivity index (χ0) is 19.9. The van der Waals surface area contributed by atoms with Crippen LogP contribution in [0.15, 0.2) is 18.2 Å². The molecule has 28 heavy (non-hydrogen) atoms. The van der Waals surface area contributed by atoms with Crippen molar-refractivity contribution in [2.75, 3.05) is 19.0 Å². The first-order valence-electron chi connectivity index (χ1n) is 10.2. The molecule has 0 aliphatic heterocycles. The summed E-state index contributed by atoms with van der Waals surface area (Å²) in [4.78, 5) is 23.1. The van der Waals surface area contributed by atoms with Gasteiger partial charge in [-0.3, -0.25) is 14.9 Å². The van der Waals surface area contributed by atoms with Gasteiger partial charge in [-0.15, -0.1) is 0 Å². The normalized spacial score (nSPS) is 31.4. The Balaban J connectivity index is 1.36. The number of carbonyl (C=O) groups excluding carboxylic acids is 1. The number of amides is 1. The maximum atomic E-state index is 12.7. The first-order chi connectivity index (χ1) is 13.4. The minimum absolute atomic E-state index is 0.0668. The minimum atomic E-state index is -0.482. The molecule has 1 atom stereocenters. The lowest BCUT2D eigenvalue weighted by Crippen LogP contribution is -2.52. The number of non-ortho nitro benzene ring substituents is 1. The van der Waals surface area contributed by atoms with Gasteiger partial charge in [0.15, 0.2) is 0 Å². The number of anilines is 1. The fourth-order valence-corrected chi connectivity index (χ4v) is 6.11. The molecule has 4 aliphatic carbocycles. The summed E-state index contributed by atoms with van der Waals surface area (Å²) in [7, 11) is 1.43. The molecule has 4 fully saturated rings. The SMILES string of the molecule is COc1cc([N+](=O)[O-])ccc1NC(=O)[C@@H](C)NCC12CC3CC(CC(C3)C1)C2. The topological polar surface area (TPSA) is 93.5 Å². The van der Waals surface area contributed by atoms with E-state index in [1.54, 1.807) is 0 Å². The van der Waals surface area contributed by atoms with Crippen LogP contribution in [0, 0.1) is 33.3 Å². The molecule has 4 saturated carbocycles. The Labute approximate surface area is 165 Å². The Hall–Kier alpha value is -2.15. The lowest BCUT2D eigenvalue weighted by Gasteiger charge is -2.57. The van der Waals surface area contributed by atoms with Crippen LogP contribution < -0.4 is 15.4 Å². The van der Waals surface area contributed by atoms with Gasteiger partial charge in [0.25, 0.3) is 5.69 Å². The standard InChI is InChI=1S/C21H29N3O4/c1-13(20(25)23-18-4-3-17(24(26)27)8-19(18)28-2)22-12-21-9-14-5-15(10-21)7-16(6-14)11-21/h3-4,8,13-16,22H,5-7,9-12H2,1-2H3,(H,23,25)/t13-,14?,15?,16?,21?/m1/s1. The number of carbonyl (C=O) groups is 1. The summed E-state index contributed by atoms with van der Waals surface area (Å²) in [5, 5.41) is 17.2. The third kappa shape index (κ3) is 3.72. The summed E-state index contributed by atoms with van der Waals surface area (Å²) in [6.07, 6.45) is 8.14. The van der Waals surface area contributed by atoms with Crippen molar-refractivity contribution in [3.63, 3.8) is 0 Å². The second kappa shape index (κ2) is 7.35. The molecule has 152 valence electrons. The smallest absolute Gasteiger partial charge is 0.273 e. The van der Waals surface area contributed by atoms with E-state index in [2.05, 4.69) is 10.6 Å². The van der Waals surface area contributed by atoms with E-state index in [1.165, 1.54) is 63.8 Å². The largest absolute Gasteiger partial charge is 0.494 e. The van der Waals surface area contributed by atoms with Gasteiger partial charge < -0.3 is 15.4 Å². The van der Waals surface area contributed by atoms with Crippen LogP contribution in [0.25, 0.3) is 0 Å². The average molecular weight is 387 g/mol. The molecule has 0 radical (unpaired) electrons. The molecule has 0 heterocycles. The fraction of sp³-hybridized carbons (Fsp3) is 0.667. The number of hydrogen-bond donors (Lipinski definition) is 2. The van der Waals surface area contributed by atoms with Crippen LogP contribution in [0.5, 0.6) is 5.75 Å².